The molecule has 2 aromatic rings. The fraction of sp³-hybridized carbons (Fsp3) is 0.471. The zero-order chi connectivity index (χ0) is 14.9. The molecule has 0 fully saturated rings. The molecule has 0 radical (unpaired) electrons. The third-order valence-corrected chi connectivity index (χ3v) is 5.12. The Labute approximate surface area is 136 Å². The summed E-state index contributed by atoms with van der Waals surface area (Å²) in [4.78, 5) is 5.42. The van der Waals surface area contributed by atoms with Gasteiger partial charge in [0, 0.05) is 34.1 Å². The second kappa shape index (κ2) is 9.16. The van der Waals surface area contributed by atoms with Crippen molar-refractivity contribution < 1.29 is 0 Å². The molecule has 1 aromatic heterocycles. The van der Waals surface area contributed by atoms with Gasteiger partial charge in [-0.3, -0.25) is 0 Å². The third kappa shape index (κ3) is 6.15. The molecule has 0 aliphatic carbocycles. The summed E-state index contributed by atoms with van der Waals surface area (Å²) in [6.07, 6.45) is 12.1. The van der Waals surface area contributed by atoms with Crippen molar-refractivity contribution in [2.75, 3.05) is 0 Å². The number of nitrogens with zero attached hydrogens (tertiary/aromatic N) is 2. The number of unbranched alkanes of at least 4 members (excludes halogenated alkanes) is 2. The Kier molecular flexibility index (Phi) is 7.17. The predicted octanol–water partition coefficient (Wildman–Crippen LogP) is 5.67. The van der Waals surface area contributed by atoms with Crippen LogP contribution in [0.2, 0.25) is 5.02 Å². The van der Waals surface area contributed by atoms with Gasteiger partial charge in [-0.25, -0.2) is 4.98 Å². The Morgan fingerprint density at radius 2 is 2.00 bits per heavy atom. The SMILES string of the molecule is CCCCCC(CCn1ccnc1)Sc1ccc(Cl)cc1. The summed E-state index contributed by atoms with van der Waals surface area (Å²) in [5.41, 5.74) is 0. The van der Waals surface area contributed by atoms with Gasteiger partial charge in [0.1, 0.15) is 0 Å². The van der Waals surface area contributed by atoms with E-state index in [1.165, 1.54) is 37.0 Å². The molecular formula is C17H23ClN2S. The first-order valence-electron chi connectivity index (χ1n) is 7.66. The Balaban J connectivity index is 1.88. The minimum Gasteiger partial charge on any atom is -0.337 e. The molecule has 4 heteroatoms. The maximum Gasteiger partial charge on any atom is 0.0945 e. The molecule has 0 spiro atoms. The number of rotatable bonds is 9. The largest absolute Gasteiger partial charge is 0.337 e. The van der Waals surface area contributed by atoms with E-state index < -0.39 is 0 Å². The van der Waals surface area contributed by atoms with E-state index in [2.05, 4.69) is 28.6 Å². The maximum absolute atomic E-state index is 5.96. The standard InChI is InChI=1S/C17H23ClN2S/c1-2-3-4-5-16(10-12-20-13-11-19-14-20)21-17-8-6-15(18)7-9-17/h6-9,11,13-14,16H,2-5,10,12H2,1H3. The van der Waals surface area contributed by atoms with Crippen molar-refractivity contribution in [2.45, 2.75) is 55.7 Å². The molecule has 1 unspecified atom stereocenters. The van der Waals surface area contributed by atoms with Crippen LogP contribution in [0, 0.1) is 0 Å². The molecule has 0 saturated carbocycles. The van der Waals surface area contributed by atoms with Gasteiger partial charge in [-0.2, -0.15) is 0 Å². The predicted molar refractivity (Wildman–Crippen MR) is 92.1 cm³/mol. The van der Waals surface area contributed by atoms with Crippen LogP contribution in [0.15, 0.2) is 47.9 Å². The molecule has 2 nitrogen and oxygen atoms in total. The number of hydrogen-bond donors (Lipinski definition) is 0. The molecule has 0 bridgehead atoms. The van der Waals surface area contributed by atoms with E-state index in [0.717, 1.165) is 11.6 Å². The summed E-state index contributed by atoms with van der Waals surface area (Å²) in [6.45, 7) is 3.30. The lowest BCUT2D eigenvalue weighted by Crippen LogP contribution is -2.07. The highest BCUT2D eigenvalue weighted by atomic mass is 35.5. The Morgan fingerprint density at radius 1 is 1.19 bits per heavy atom. The average Bonchev–Trinajstić information content (AvgIpc) is 3.00. The van der Waals surface area contributed by atoms with Crippen LogP contribution >= 0.6 is 23.4 Å². The van der Waals surface area contributed by atoms with E-state index in [9.17, 15) is 0 Å². The second-order valence-electron chi connectivity index (χ2n) is 5.28. The van der Waals surface area contributed by atoms with Gasteiger partial charge in [0.15, 0.2) is 0 Å². The molecule has 0 aliphatic rings. The zero-order valence-electron chi connectivity index (χ0n) is 12.5. The normalized spacial score (nSPS) is 12.5. The zero-order valence-corrected chi connectivity index (χ0v) is 14.1. The van der Waals surface area contributed by atoms with Crippen molar-refractivity contribution in [1.82, 2.24) is 9.55 Å². The molecule has 1 heterocycles. The number of aryl methyl sites for hydroxylation is 1. The number of hydrogen-bond acceptors (Lipinski definition) is 2. The lowest BCUT2D eigenvalue weighted by molar-refractivity contribution is 0.569. The maximum atomic E-state index is 5.96. The van der Waals surface area contributed by atoms with Crippen molar-refractivity contribution in [3.8, 4) is 0 Å². The first-order chi connectivity index (χ1) is 10.3. The molecule has 1 atom stereocenters. The van der Waals surface area contributed by atoms with E-state index in [1.54, 1.807) is 0 Å². The molecule has 0 N–H and O–H groups in total. The Morgan fingerprint density at radius 3 is 2.67 bits per heavy atom. The third-order valence-electron chi connectivity index (χ3n) is 3.51. The fourth-order valence-electron chi connectivity index (χ4n) is 2.30. The topological polar surface area (TPSA) is 17.8 Å². The first kappa shape index (κ1) is 16.4. The van der Waals surface area contributed by atoms with Crippen LogP contribution < -0.4 is 0 Å². The van der Waals surface area contributed by atoms with E-state index in [1.807, 2.05) is 42.6 Å². The number of aromatic nitrogens is 2. The van der Waals surface area contributed by atoms with Crippen LogP contribution in [0.3, 0.4) is 0 Å². The van der Waals surface area contributed by atoms with Crippen molar-refractivity contribution in [3.63, 3.8) is 0 Å². The fourth-order valence-corrected chi connectivity index (χ4v) is 3.61. The smallest absolute Gasteiger partial charge is 0.0945 e. The van der Waals surface area contributed by atoms with Crippen molar-refractivity contribution in [1.29, 1.82) is 0 Å². The summed E-state index contributed by atoms with van der Waals surface area (Å²) in [6, 6.07) is 8.19. The van der Waals surface area contributed by atoms with E-state index in [4.69, 9.17) is 11.6 Å². The van der Waals surface area contributed by atoms with E-state index >= 15 is 0 Å². The molecule has 21 heavy (non-hydrogen) atoms. The van der Waals surface area contributed by atoms with Gasteiger partial charge in [-0.15, -0.1) is 11.8 Å². The van der Waals surface area contributed by atoms with Gasteiger partial charge in [-0.1, -0.05) is 37.8 Å². The first-order valence-corrected chi connectivity index (χ1v) is 8.91. The summed E-state index contributed by atoms with van der Waals surface area (Å²) in [5, 5.41) is 1.46. The van der Waals surface area contributed by atoms with Crippen LogP contribution in [0.4, 0.5) is 0 Å². The lowest BCUT2D eigenvalue weighted by Gasteiger charge is -2.17. The highest BCUT2D eigenvalue weighted by Crippen LogP contribution is 2.30. The van der Waals surface area contributed by atoms with Gasteiger partial charge in [-0.05, 0) is 37.1 Å². The number of imidazole rings is 1. The van der Waals surface area contributed by atoms with Crippen LogP contribution in [-0.4, -0.2) is 14.8 Å². The second-order valence-corrected chi connectivity index (χ2v) is 7.09. The summed E-state index contributed by atoms with van der Waals surface area (Å²) >= 11 is 7.94. The van der Waals surface area contributed by atoms with Crippen molar-refractivity contribution in [2.24, 2.45) is 0 Å². The van der Waals surface area contributed by atoms with Crippen LogP contribution in [0.5, 0.6) is 0 Å². The van der Waals surface area contributed by atoms with Gasteiger partial charge >= 0.3 is 0 Å². The van der Waals surface area contributed by atoms with Gasteiger partial charge < -0.3 is 4.57 Å². The Bertz CT molecular complexity index is 496. The minimum atomic E-state index is 0.653. The molecule has 2 rings (SSSR count). The number of halogens is 1. The van der Waals surface area contributed by atoms with Crippen LogP contribution in [0.1, 0.15) is 39.0 Å². The monoisotopic (exact) mass is 322 g/mol. The molecule has 1 aromatic carbocycles. The van der Waals surface area contributed by atoms with Gasteiger partial charge in [0.2, 0.25) is 0 Å². The molecular weight excluding hydrogens is 300 g/mol. The number of benzene rings is 1. The van der Waals surface area contributed by atoms with Crippen molar-refractivity contribution >= 4 is 23.4 Å². The average molecular weight is 323 g/mol. The highest BCUT2D eigenvalue weighted by Gasteiger charge is 2.11. The van der Waals surface area contributed by atoms with Gasteiger partial charge in [0.25, 0.3) is 0 Å². The highest BCUT2D eigenvalue weighted by molar-refractivity contribution is 8.00. The van der Waals surface area contributed by atoms with Crippen molar-refractivity contribution in [3.05, 3.63) is 48.0 Å². The van der Waals surface area contributed by atoms with Crippen LogP contribution in [-0.2, 0) is 6.54 Å². The quantitative estimate of drug-likeness (QED) is 0.437. The summed E-state index contributed by atoms with van der Waals surface area (Å²) < 4.78 is 2.16. The van der Waals surface area contributed by atoms with E-state index in [0.29, 0.717) is 5.25 Å². The summed E-state index contributed by atoms with van der Waals surface area (Å²) in [7, 11) is 0. The van der Waals surface area contributed by atoms with Crippen LogP contribution in [0.25, 0.3) is 0 Å². The van der Waals surface area contributed by atoms with Gasteiger partial charge in [0.05, 0.1) is 6.33 Å². The molecule has 114 valence electrons. The Hall–Kier alpha value is -0.930. The molecule has 0 saturated heterocycles. The minimum absolute atomic E-state index is 0.653. The van der Waals surface area contributed by atoms with E-state index in [-0.39, 0.29) is 0 Å². The lowest BCUT2D eigenvalue weighted by atomic mass is 10.1. The number of thioether (sulfide) groups is 1. The summed E-state index contributed by atoms with van der Waals surface area (Å²) in [5.74, 6) is 0. The molecule has 0 amide bonds. The molecule has 0 aliphatic heterocycles.